The van der Waals surface area contributed by atoms with Crippen LogP contribution in [0.25, 0.3) is 0 Å². The molecule has 0 bridgehead atoms. The molecule has 0 aromatic heterocycles. The molecule has 6 heteroatoms. The summed E-state index contributed by atoms with van der Waals surface area (Å²) in [5.74, 6) is -0.0938. The zero-order chi connectivity index (χ0) is 45.8. The molecule has 0 fully saturated rings. The summed E-state index contributed by atoms with van der Waals surface area (Å²) in [5, 5.41) is 23.1. The molecule has 0 aliphatic heterocycles. The van der Waals surface area contributed by atoms with Crippen molar-refractivity contribution in [1.82, 2.24) is 5.32 Å². The minimum Gasteiger partial charge on any atom is -0.466 e. The van der Waals surface area contributed by atoms with Gasteiger partial charge in [-0.05, 0) is 57.8 Å². The number of nitrogens with one attached hydrogen (secondary N) is 1. The number of carbonyl (C=O) groups excluding carboxylic acids is 2. The van der Waals surface area contributed by atoms with E-state index in [0.29, 0.717) is 19.4 Å². The highest BCUT2D eigenvalue weighted by Gasteiger charge is 2.18. The van der Waals surface area contributed by atoms with Crippen LogP contribution in [0.3, 0.4) is 0 Å². The molecule has 0 saturated heterocycles. The summed E-state index contributed by atoms with van der Waals surface area (Å²) >= 11 is 0. The zero-order valence-electron chi connectivity index (χ0n) is 42.3. The van der Waals surface area contributed by atoms with E-state index in [1.54, 1.807) is 6.08 Å². The van der Waals surface area contributed by atoms with E-state index < -0.39 is 12.1 Å². The van der Waals surface area contributed by atoms with E-state index in [0.717, 1.165) is 57.8 Å². The maximum atomic E-state index is 12.5. The lowest BCUT2D eigenvalue weighted by atomic mass is 10.0. The molecule has 3 N–H and O–H groups in total. The van der Waals surface area contributed by atoms with Crippen LogP contribution in [-0.2, 0) is 14.3 Å². The third-order valence-electron chi connectivity index (χ3n) is 13.0. The van der Waals surface area contributed by atoms with Crippen molar-refractivity contribution in [3.63, 3.8) is 0 Å². The molecule has 0 rings (SSSR count). The molecule has 0 aliphatic carbocycles. The highest BCUT2D eigenvalue weighted by atomic mass is 16.5. The number of hydrogen-bond donors (Lipinski definition) is 3. The Bertz CT molecular complexity index is 982. The average Bonchev–Trinajstić information content (AvgIpc) is 3.28. The molecule has 0 radical (unpaired) electrons. The first kappa shape index (κ1) is 61.3. The van der Waals surface area contributed by atoms with E-state index in [2.05, 4.69) is 31.3 Å². The summed E-state index contributed by atoms with van der Waals surface area (Å²) in [6, 6.07) is -0.638. The molecule has 63 heavy (non-hydrogen) atoms. The predicted octanol–water partition coefficient (Wildman–Crippen LogP) is 17.1. The van der Waals surface area contributed by atoms with Crippen molar-refractivity contribution in [2.24, 2.45) is 0 Å². The third kappa shape index (κ3) is 49.6. The molecular weight excluding hydrogens is 779 g/mol. The van der Waals surface area contributed by atoms with Gasteiger partial charge in [0.1, 0.15) is 0 Å². The van der Waals surface area contributed by atoms with Gasteiger partial charge in [-0.1, -0.05) is 256 Å². The largest absolute Gasteiger partial charge is 0.466 e. The molecule has 0 spiro atoms. The van der Waals surface area contributed by atoms with E-state index >= 15 is 0 Å². The number of aliphatic hydroxyl groups is 2. The Balaban J connectivity index is 3.49. The van der Waals surface area contributed by atoms with Gasteiger partial charge in [0.25, 0.3) is 0 Å². The molecule has 1 amide bonds. The van der Waals surface area contributed by atoms with Crippen molar-refractivity contribution >= 4 is 11.9 Å². The van der Waals surface area contributed by atoms with Gasteiger partial charge in [-0.3, -0.25) is 9.59 Å². The predicted molar refractivity (Wildman–Crippen MR) is 273 cm³/mol. The topological polar surface area (TPSA) is 95.9 Å². The van der Waals surface area contributed by atoms with Gasteiger partial charge in [0.05, 0.1) is 25.4 Å². The number of esters is 1. The van der Waals surface area contributed by atoms with Crippen molar-refractivity contribution < 1.29 is 24.5 Å². The molecule has 2 unspecified atom stereocenters. The first-order valence-corrected chi connectivity index (χ1v) is 28.1. The Kier molecular flexibility index (Phi) is 51.6. The van der Waals surface area contributed by atoms with Crippen LogP contribution in [0.15, 0.2) is 24.3 Å². The first-order valence-electron chi connectivity index (χ1n) is 28.1. The molecule has 372 valence electrons. The summed E-state index contributed by atoms with van der Waals surface area (Å²) in [6.45, 7) is 4.88. The van der Waals surface area contributed by atoms with Crippen LogP contribution in [0.4, 0.5) is 0 Å². The minimum absolute atomic E-state index is 0.0145. The number of rotatable bonds is 52. The second-order valence-corrected chi connectivity index (χ2v) is 19.3. The van der Waals surface area contributed by atoms with Crippen molar-refractivity contribution in [3.8, 4) is 0 Å². The maximum Gasteiger partial charge on any atom is 0.305 e. The smallest absolute Gasteiger partial charge is 0.305 e. The highest BCUT2D eigenvalue weighted by Crippen LogP contribution is 2.16. The Morgan fingerprint density at radius 3 is 1.13 bits per heavy atom. The number of aliphatic hydroxyl groups excluding tert-OH is 2. The second-order valence-electron chi connectivity index (χ2n) is 19.3. The normalized spacial score (nSPS) is 12.8. The number of amides is 1. The van der Waals surface area contributed by atoms with Gasteiger partial charge < -0.3 is 20.3 Å². The summed E-state index contributed by atoms with van der Waals surface area (Å²) in [6.07, 6.45) is 63.3. The van der Waals surface area contributed by atoms with E-state index in [1.165, 1.54) is 218 Å². The maximum absolute atomic E-state index is 12.5. The summed E-state index contributed by atoms with van der Waals surface area (Å²) < 4.78 is 5.46. The number of hydrogen-bond acceptors (Lipinski definition) is 5. The fraction of sp³-hybridized carbons (Fsp3) is 0.895. The summed E-state index contributed by atoms with van der Waals surface area (Å²) in [5.41, 5.74) is 0. The summed E-state index contributed by atoms with van der Waals surface area (Å²) in [4.78, 5) is 24.5. The number of unbranched alkanes of at least 4 members (excludes halogenated alkanes) is 39. The molecule has 6 nitrogen and oxygen atoms in total. The van der Waals surface area contributed by atoms with E-state index in [4.69, 9.17) is 4.74 Å². The average molecular weight is 889 g/mol. The van der Waals surface area contributed by atoms with E-state index in [9.17, 15) is 19.8 Å². The van der Waals surface area contributed by atoms with Crippen LogP contribution in [0.1, 0.15) is 303 Å². The lowest BCUT2D eigenvalue weighted by Crippen LogP contribution is -2.45. The minimum atomic E-state index is -0.853. The number of ether oxygens (including phenoxy) is 1. The van der Waals surface area contributed by atoms with Gasteiger partial charge in [-0.15, -0.1) is 0 Å². The Morgan fingerprint density at radius 2 is 0.746 bits per heavy atom. The monoisotopic (exact) mass is 888 g/mol. The summed E-state index contributed by atoms with van der Waals surface area (Å²) in [7, 11) is 0. The molecule has 0 heterocycles. The number of allylic oxidation sites excluding steroid dienone is 3. The standard InChI is InChI=1S/C57H109NO5/c1-3-5-7-9-11-13-15-17-19-20-21-23-25-29-33-37-41-45-49-55(60)54(53-59)58-56(61)50-46-42-38-34-30-26-24-28-32-36-40-44-48-52-63-57(62)51-47-43-39-35-31-27-22-18-16-14-12-10-8-6-4-2/h18,22,45,49,54-55,59-60H,3-17,19-21,23-44,46-48,50-53H2,1-2H3,(H,58,61)/b22-18-,49-45+. The molecule has 0 aromatic carbocycles. The van der Waals surface area contributed by atoms with Gasteiger partial charge in [0.2, 0.25) is 5.91 Å². The fourth-order valence-electron chi connectivity index (χ4n) is 8.63. The van der Waals surface area contributed by atoms with Crippen molar-refractivity contribution in [3.05, 3.63) is 24.3 Å². The molecule has 2 atom stereocenters. The van der Waals surface area contributed by atoms with Crippen LogP contribution in [0.2, 0.25) is 0 Å². The van der Waals surface area contributed by atoms with Crippen LogP contribution in [0.5, 0.6) is 0 Å². The Morgan fingerprint density at radius 1 is 0.429 bits per heavy atom. The quantitative estimate of drug-likeness (QED) is 0.0321. The van der Waals surface area contributed by atoms with Gasteiger partial charge in [-0.2, -0.15) is 0 Å². The van der Waals surface area contributed by atoms with Gasteiger partial charge >= 0.3 is 5.97 Å². The second kappa shape index (κ2) is 53.0. The highest BCUT2D eigenvalue weighted by molar-refractivity contribution is 5.76. The van der Waals surface area contributed by atoms with Crippen LogP contribution in [0, 0.1) is 0 Å². The van der Waals surface area contributed by atoms with Crippen molar-refractivity contribution in [1.29, 1.82) is 0 Å². The number of carbonyl (C=O) groups is 2. The molecule has 0 aliphatic rings. The van der Waals surface area contributed by atoms with Crippen molar-refractivity contribution in [2.75, 3.05) is 13.2 Å². The molecule has 0 saturated carbocycles. The van der Waals surface area contributed by atoms with E-state index in [1.807, 2.05) is 6.08 Å². The third-order valence-corrected chi connectivity index (χ3v) is 13.0. The van der Waals surface area contributed by atoms with Gasteiger partial charge in [0.15, 0.2) is 0 Å². The lowest BCUT2D eigenvalue weighted by Gasteiger charge is -2.20. The lowest BCUT2D eigenvalue weighted by molar-refractivity contribution is -0.143. The SMILES string of the molecule is CCCCCCCC/C=C\CCCCCCCC(=O)OCCCCCCCCCCCCCCCC(=O)NC(CO)C(O)/C=C/CCCCCCCCCCCCCCCCCC. The van der Waals surface area contributed by atoms with Crippen LogP contribution < -0.4 is 5.32 Å². The molecule has 0 aromatic rings. The molecular formula is C57H109NO5. The van der Waals surface area contributed by atoms with Crippen LogP contribution in [-0.4, -0.2) is 47.4 Å². The van der Waals surface area contributed by atoms with Crippen molar-refractivity contribution in [2.45, 2.75) is 315 Å². The first-order chi connectivity index (χ1) is 31.0. The zero-order valence-corrected chi connectivity index (χ0v) is 42.3. The fourth-order valence-corrected chi connectivity index (χ4v) is 8.63. The van der Waals surface area contributed by atoms with Gasteiger partial charge in [-0.25, -0.2) is 0 Å². The van der Waals surface area contributed by atoms with Crippen LogP contribution >= 0.6 is 0 Å². The van der Waals surface area contributed by atoms with E-state index in [-0.39, 0.29) is 18.5 Å². The Hall–Kier alpha value is -1.66. The van der Waals surface area contributed by atoms with Gasteiger partial charge in [0, 0.05) is 12.8 Å². The Labute approximate surface area is 392 Å².